The van der Waals surface area contributed by atoms with E-state index in [1.165, 1.54) is 22.4 Å². The lowest BCUT2D eigenvalue weighted by molar-refractivity contribution is -0.116. The van der Waals surface area contributed by atoms with Crippen LogP contribution in [0.1, 0.15) is 0 Å². The number of amides is 1. The van der Waals surface area contributed by atoms with Crippen LogP contribution in [0.3, 0.4) is 0 Å². The van der Waals surface area contributed by atoms with Gasteiger partial charge >= 0.3 is 5.69 Å². The Kier molecular flexibility index (Phi) is 3.80. The predicted molar refractivity (Wildman–Crippen MR) is 84.4 cm³/mol. The van der Waals surface area contributed by atoms with Gasteiger partial charge in [0.05, 0.1) is 24.5 Å². The summed E-state index contributed by atoms with van der Waals surface area (Å²) in [5, 5.41) is 2.70. The molecule has 0 atom stereocenters. The van der Waals surface area contributed by atoms with E-state index < -0.39 is 0 Å². The van der Waals surface area contributed by atoms with Crippen molar-refractivity contribution in [3.05, 3.63) is 47.1 Å². The number of aromatic nitrogens is 4. The zero-order valence-electron chi connectivity index (χ0n) is 12.7. The number of hydrogen-bond donors (Lipinski definition) is 1. The summed E-state index contributed by atoms with van der Waals surface area (Å²) < 4.78 is 7.76. The predicted octanol–water partition coefficient (Wildman–Crippen LogP) is 0.777. The molecule has 0 aromatic carbocycles. The third-order valence-corrected chi connectivity index (χ3v) is 3.42. The first kappa shape index (κ1) is 14.8. The number of aryl methyl sites for hydroxylation is 1. The van der Waals surface area contributed by atoms with E-state index in [-0.39, 0.29) is 18.1 Å². The van der Waals surface area contributed by atoms with Crippen molar-refractivity contribution in [3.63, 3.8) is 0 Å². The summed E-state index contributed by atoms with van der Waals surface area (Å²) >= 11 is 0. The van der Waals surface area contributed by atoms with Gasteiger partial charge in [-0.1, -0.05) is 0 Å². The SMILES string of the molecule is COc1ccc(NC(=O)Cn2c(=O)n(C)c3ncccc32)cn1. The number of fused-ring (bicyclic) bond motifs is 1. The van der Waals surface area contributed by atoms with Crippen molar-refractivity contribution in [1.29, 1.82) is 0 Å². The molecule has 8 nitrogen and oxygen atoms in total. The molecule has 118 valence electrons. The third kappa shape index (κ3) is 2.78. The first-order valence-corrected chi connectivity index (χ1v) is 6.90. The lowest BCUT2D eigenvalue weighted by atomic mass is 10.4. The van der Waals surface area contributed by atoms with Crippen LogP contribution in [0.4, 0.5) is 5.69 Å². The van der Waals surface area contributed by atoms with E-state index in [2.05, 4.69) is 15.3 Å². The minimum Gasteiger partial charge on any atom is -0.481 e. The molecule has 0 saturated carbocycles. The summed E-state index contributed by atoms with van der Waals surface area (Å²) in [4.78, 5) is 32.6. The van der Waals surface area contributed by atoms with E-state index in [0.29, 0.717) is 22.7 Å². The second-order valence-corrected chi connectivity index (χ2v) is 4.91. The van der Waals surface area contributed by atoms with Gasteiger partial charge < -0.3 is 10.1 Å². The fraction of sp³-hybridized carbons (Fsp3) is 0.200. The Morgan fingerprint density at radius 3 is 2.83 bits per heavy atom. The summed E-state index contributed by atoms with van der Waals surface area (Å²) in [6, 6.07) is 6.80. The normalized spacial score (nSPS) is 10.7. The smallest absolute Gasteiger partial charge is 0.330 e. The number of carbonyl (C=O) groups is 1. The van der Waals surface area contributed by atoms with E-state index in [9.17, 15) is 9.59 Å². The quantitative estimate of drug-likeness (QED) is 0.768. The molecule has 0 bridgehead atoms. The molecule has 0 unspecified atom stereocenters. The van der Waals surface area contributed by atoms with E-state index in [1.54, 1.807) is 37.5 Å². The first-order valence-electron chi connectivity index (χ1n) is 6.90. The van der Waals surface area contributed by atoms with Crippen molar-refractivity contribution in [3.8, 4) is 5.88 Å². The van der Waals surface area contributed by atoms with Gasteiger partial charge in [0.2, 0.25) is 11.8 Å². The van der Waals surface area contributed by atoms with Crippen molar-refractivity contribution < 1.29 is 9.53 Å². The van der Waals surface area contributed by atoms with Gasteiger partial charge in [0.1, 0.15) is 6.54 Å². The largest absolute Gasteiger partial charge is 0.481 e. The van der Waals surface area contributed by atoms with Gasteiger partial charge in [0, 0.05) is 19.3 Å². The highest BCUT2D eigenvalue weighted by Crippen LogP contribution is 2.12. The highest BCUT2D eigenvalue weighted by molar-refractivity contribution is 5.91. The second kappa shape index (κ2) is 5.91. The molecule has 1 amide bonds. The number of nitrogens with one attached hydrogen (secondary N) is 1. The van der Waals surface area contributed by atoms with Gasteiger partial charge in [-0.3, -0.25) is 13.9 Å². The Morgan fingerprint density at radius 2 is 2.13 bits per heavy atom. The van der Waals surface area contributed by atoms with Gasteiger partial charge in [-0.05, 0) is 18.2 Å². The minimum atomic E-state index is -0.324. The zero-order chi connectivity index (χ0) is 16.4. The molecule has 0 saturated heterocycles. The van der Waals surface area contributed by atoms with Crippen LogP contribution in [0, 0.1) is 0 Å². The van der Waals surface area contributed by atoms with E-state index >= 15 is 0 Å². The van der Waals surface area contributed by atoms with Crippen molar-refractivity contribution in [2.75, 3.05) is 12.4 Å². The van der Waals surface area contributed by atoms with Crippen LogP contribution in [-0.4, -0.2) is 32.1 Å². The Hall–Kier alpha value is -3.16. The number of ether oxygens (including phenoxy) is 1. The van der Waals surface area contributed by atoms with Gasteiger partial charge in [-0.2, -0.15) is 0 Å². The second-order valence-electron chi connectivity index (χ2n) is 4.91. The Morgan fingerprint density at radius 1 is 1.30 bits per heavy atom. The van der Waals surface area contributed by atoms with Crippen LogP contribution in [-0.2, 0) is 18.4 Å². The molecular weight excluding hydrogens is 298 g/mol. The maximum absolute atomic E-state index is 12.2. The molecule has 3 rings (SSSR count). The summed E-state index contributed by atoms with van der Waals surface area (Å²) in [5.74, 6) is 0.134. The molecule has 3 heterocycles. The molecule has 0 radical (unpaired) electrons. The fourth-order valence-corrected chi connectivity index (χ4v) is 2.30. The fourth-order valence-electron chi connectivity index (χ4n) is 2.30. The number of rotatable bonds is 4. The van der Waals surface area contributed by atoms with Gasteiger partial charge in [-0.15, -0.1) is 0 Å². The molecular formula is C15H15N5O3. The molecule has 0 spiro atoms. The van der Waals surface area contributed by atoms with Crippen LogP contribution in [0.25, 0.3) is 11.2 Å². The maximum atomic E-state index is 12.2. The Balaban J connectivity index is 1.83. The topological polar surface area (TPSA) is 91.0 Å². The van der Waals surface area contributed by atoms with Gasteiger partial charge in [0.25, 0.3) is 0 Å². The molecule has 1 N–H and O–H groups in total. The number of imidazole rings is 1. The van der Waals surface area contributed by atoms with Gasteiger partial charge in [-0.25, -0.2) is 14.8 Å². The monoisotopic (exact) mass is 313 g/mol. The van der Waals surface area contributed by atoms with Crippen LogP contribution < -0.4 is 15.7 Å². The van der Waals surface area contributed by atoms with Crippen LogP contribution in [0.15, 0.2) is 41.5 Å². The number of nitrogens with zero attached hydrogens (tertiary/aromatic N) is 4. The third-order valence-electron chi connectivity index (χ3n) is 3.42. The molecule has 8 heteroatoms. The highest BCUT2D eigenvalue weighted by Gasteiger charge is 2.14. The number of anilines is 1. The summed E-state index contributed by atoms with van der Waals surface area (Å²) in [6.45, 7) is -0.103. The average molecular weight is 313 g/mol. The molecule has 0 aliphatic heterocycles. The number of pyridine rings is 2. The van der Waals surface area contributed by atoms with Crippen molar-refractivity contribution in [2.45, 2.75) is 6.54 Å². The summed E-state index contributed by atoms with van der Waals surface area (Å²) in [7, 11) is 3.14. The van der Waals surface area contributed by atoms with Crippen LogP contribution in [0.2, 0.25) is 0 Å². The van der Waals surface area contributed by atoms with Crippen LogP contribution in [0.5, 0.6) is 5.88 Å². The lowest BCUT2D eigenvalue weighted by Gasteiger charge is -2.06. The Labute approximate surface area is 131 Å². The van der Waals surface area contributed by atoms with Crippen LogP contribution >= 0.6 is 0 Å². The Bertz CT molecular complexity index is 911. The van der Waals surface area contributed by atoms with E-state index in [4.69, 9.17) is 4.74 Å². The molecule has 3 aromatic heterocycles. The number of carbonyl (C=O) groups excluding carboxylic acids is 1. The first-order chi connectivity index (χ1) is 11.1. The number of methoxy groups -OCH3 is 1. The minimum absolute atomic E-state index is 0.103. The van der Waals surface area contributed by atoms with Crippen molar-refractivity contribution >= 4 is 22.8 Å². The zero-order valence-corrected chi connectivity index (χ0v) is 12.7. The summed E-state index contributed by atoms with van der Waals surface area (Å²) in [6.07, 6.45) is 3.10. The highest BCUT2D eigenvalue weighted by atomic mass is 16.5. The maximum Gasteiger partial charge on any atom is 0.330 e. The van der Waals surface area contributed by atoms with E-state index in [0.717, 1.165) is 0 Å². The molecule has 0 aliphatic rings. The number of hydrogen-bond acceptors (Lipinski definition) is 5. The molecule has 3 aromatic rings. The van der Waals surface area contributed by atoms with Crippen molar-refractivity contribution in [2.24, 2.45) is 7.05 Å². The summed E-state index contributed by atoms with van der Waals surface area (Å²) in [5.41, 5.74) is 1.39. The lowest BCUT2D eigenvalue weighted by Crippen LogP contribution is -2.28. The molecule has 23 heavy (non-hydrogen) atoms. The van der Waals surface area contributed by atoms with E-state index in [1.807, 2.05) is 0 Å². The van der Waals surface area contributed by atoms with Crippen molar-refractivity contribution in [1.82, 2.24) is 19.1 Å². The van der Waals surface area contributed by atoms with Gasteiger partial charge in [0.15, 0.2) is 5.65 Å². The molecule has 0 aliphatic carbocycles. The standard InChI is InChI=1S/C15H15N5O3/c1-19-14-11(4-3-7-16-14)20(15(19)22)9-12(21)18-10-5-6-13(23-2)17-8-10/h3-8H,9H2,1-2H3,(H,18,21). The average Bonchev–Trinajstić information content (AvgIpc) is 2.81. The molecule has 0 fully saturated rings.